The van der Waals surface area contributed by atoms with Gasteiger partial charge in [-0.05, 0) is 13.8 Å². The van der Waals surface area contributed by atoms with Gasteiger partial charge in [-0.25, -0.2) is 0 Å². The molecular weight excluding hydrogens is 214 g/mol. The second-order valence-electron chi connectivity index (χ2n) is 4.69. The molecule has 2 rings (SSSR count). The number of aliphatic hydroxyl groups excluding tert-OH is 2. The topological polar surface area (TPSA) is 94.2 Å². The summed E-state index contributed by atoms with van der Waals surface area (Å²) in [6.07, 6.45) is -2.08. The van der Waals surface area contributed by atoms with E-state index < -0.39 is 24.0 Å². The summed E-state index contributed by atoms with van der Waals surface area (Å²) in [6.45, 7) is 3.66. The van der Waals surface area contributed by atoms with Crippen molar-refractivity contribution >= 4 is 0 Å². The lowest BCUT2D eigenvalue weighted by atomic mass is 10.2. The summed E-state index contributed by atoms with van der Waals surface area (Å²) in [6, 6.07) is -0.518. The molecule has 1 heterocycles. The molecule has 0 aromatic carbocycles. The molecule has 0 radical (unpaired) electrons. The van der Waals surface area contributed by atoms with Gasteiger partial charge in [-0.2, -0.15) is 0 Å². The van der Waals surface area contributed by atoms with Gasteiger partial charge in [-0.1, -0.05) is 0 Å². The third-order valence-electron chi connectivity index (χ3n) is 3.00. The van der Waals surface area contributed by atoms with Crippen LogP contribution in [-0.2, 0) is 14.2 Å². The summed E-state index contributed by atoms with van der Waals surface area (Å²) in [7, 11) is 0. The zero-order valence-electron chi connectivity index (χ0n) is 9.50. The third kappa shape index (κ3) is 1.97. The van der Waals surface area contributed by atoms with Crippen LogP contribution in [0.2, 0.25) is 0 Å². The summed E-state index contributed by atoms with van der Waals surface area (Å²) in [5, 5.41) is 18.6. The van der Waals surface area contributed by atoms with Crippen molar-refractivity contribution in [3.05, 3.63) is 0 Å². The van der Waals surface area contributed by atoms with Crippen LogP contribution in [-0.4, -0.2) is 59.7 Å². The lowest BCUT2D eigenvalue weighted by molar-refractivity contribution is -0.182. The molecule has 16 heavy (non-hydrogen) atoms. The predicted molar refractivity (Wildman–Crippen MR) is 54.6 cm³/mol. The van der Waals surface area contributed by atoms with Gasteiger partial charge in [0.05, 0.1) is 19.3 Å². The molecule has 6 heteroatoms. The van der Waals surface area contributed by atoms with Crippen LogP contribution in [0.25, 0.3) is 0 Å². The first kappa shape index (κ1) is 12.2. The van der Waals surface area contributed by atoms with Crippen LogP contribution in [0.15, 0.2) is 0 Å². The molecule has 1 aliphatic heterocycles. The van der Waals surface area contributed by atoms with E-state index >= 15 is 0 Å². The van der Waals surface area contributed by atoms with Gasteiger partial charge in [0.1, 0.15) is 24.4 Å². The van der Waals surface area contributed by atoms with Gasteiger partial charge in [0.25, 0.3) is 0 Å². The minimum Gasteiger partial charge on any atom is -0.394 e. The van der Waals surface area contributed by atoms with E-state index in [1.165, 1.54) is 0 Å². The van der Waals surface area contributed by atoms with Gasteiger partial charge in [0.2, 0.25) is 0 Å². The van der Waals surface area contributed by atoms with Crippen molar-refractivity contribution < 1.29 is 24.4 Å². The van der Waals surface area contributed by atoms with E-state index in [0.29, 0.717) is 0 Å². The number of hydrogen-bond donors (Lipinski definition) is 3. The number of aliphatic hydroxyl groups is 2. The van der Waals surface area contributed by atoms with Gasteiger partial charge >= 0.3 is 0 Å². The fraction of sp³-hybridized carbons (Fsp3) is 1.00. The van der Waals surface area contributed by atoms with Crippen LogP contribution < -0.4 is 5.73 Å². The van der Waals surface area contributed by atoms with E-state index in [-0.39, 0.29) is 25.4 Å². The Balaban J connectivity index is 2.08. The number of fused-ring (bicyclic) bond motifs is 1. The van der Waals surface area contributed by atoms with Gasteiger partial charge in [0.15, 0.2) is 5.79 Å². The summed E-state index contributed by atoms with van der Waals surface area (Å²) in [5.74, 6) is -0.700. The van der Waals surface area contributed by atoms with E-state index in [2.05, 4.69) is 0 Å². The molecule has 2 fully saturated rings. The summed E-state index contributed by atoms with van der Waals surface area (Å²) in [5.41, 5.74) is 5.85. The van der Waals surface area contributed by atoms with Crippen LogP contribution in [0.5, 0.6) is 0 Å². The monoisotopic (exact) mass is 233 g/mol. The quantitative estimate of drug-likeness (QED) is 0.554. The Morgan fingerprint density at radius 1 is 1.31 bits per heavy atom. The van der Waals surface area contributed by atoms with Gasteiger partial charge < -0.3 is 30.2 Å². The Hall–Kier alpha value is -0.240. The largest absolute Gasteiger partial charge is 0.394 e. The zero-order chi connectivity index (χ0) is 11.9. The van der Waals surface area contributed by atoms with E-state index in [0.717, 1.165) is 0 Å². The SMILES string of the molecule is CC1(C)O[C@H]2[C@@H](O1)[C@H](N)[C@@H](O)[C@@H]2OCCO. The summed E-state index contributed by atoms with van der Waals surface area (Å²) in [4.78, 5) is 0. The predicted octanol–water partition coefficient (Wildman–Crippen LogP) is -1.41. The first-order chi connectivity index (χ1) is 7.46. The van der Waals surface area contributed by atoms with Crippen LogP contribution in [0.1, 0.15) is 13.8 Å². The molecule has 2 aliphatic rings. The van der Waals surface area contributed by atoms with Gasteiger partial charge in [-0.3, -0.25) is 0 Å². The van der Waals surface area contributed by atoms with E-state index in [4.69, 9.17) is 25.1 Å². The first-order valence-corrected chi connectivity index (χ1v) is 5.48. The second-order valence-corrected chi connectivity index (χ2v) is 4.69. The molecule has 0 amide bonds. The summed E-state index contributed by atoms with van der Waals surface area (Å²) >= 11 is 0. The Labute approximate surface area is 94.3 Å². The minimum absolute atomic E-state index is 0.0971. The van der Waals surface area contributed by atoms with E-state index in [1.807, 2.05) is 0 Å². The molecule has 6 nitrogen and oxygen atoms in total. The second kappa shape index (κ2) is 4.21. The van der Waals surface area contributed by atoms with E-state index in [1.54, 1.807) is 13.8 Å². The standard InChI is InChI=1S/C10H19NO5/c1-10(2)15-7-5(11)6(13)8(9(7)16-10)14-4-3-12/h5-9,12-13H,3-4,11H2,1-2H3/t5-,6-,7+,8+,9+/m1/s1. The molecule has 0 spiro atoms. The van der Waals surface area contributed by atoms with Crippen LogP contribution in [0.4, 0.5) is 0 Å². The lowest BCUT2D eigenvalue weighted by Gasteiger charge is -2.25. The van der Waals surface area contributed by atoms with Gasteiger partial charge in [-0.15, -0.1) is 0 Å². The van der Waals surface area contributed by atoms with Crippen molar-refractivity contribution in [2.75, 3.05) is 13.2 Å². The van der Waals surface area contributed by atoms with Crippen molar-refractivity contribution in [2.45, 2.75) is 50.1 Å². The zero-order valence-corrected chi connectivity index (χ0v) is 9.50. The Morgan fingerprint density at radius 3 is 2.56 bits per heavy atom. The average Bonchev–Trinajstić information content (AvgIpc) is 2.62. The molecular formula is C10H19NO5. The highest BCUT2D eigenvalue weighted by atomic mass is 16.8. The molecule has 0 unspecified atom stereocenters. The van der Waals surface area contributed by atoms with Crippen LogP contribution >= 0.6 is 0 Å². The third-order valence-corrected chi connectivity index (χ3v) is 3.00. The Kier molecular flexibility index (Phi) is 3.22. The maximum absolute atomic E-state index is 9.87. The average molecular weight is 233 g/mol. The van der Waals surface area contributed by atoms with Crippen molar-refractivity contribution in [1.82, 2.24) is 0 Å². The Bertz CT molecular complexity index is 260. The van der Waals surface area contributed by atoms with Crippen molar-refractivity contribution in [3.63, 3.8) is 0 Å². The molecule has 94 valence electrons. The fourth-order valence-electron chi connectivity index (χ4n) is 2.36. The summed E-state index contributed by atoms with van der Waals surface area (Å²) < 4.78 is 16.6. The highest BCUT2D eigenvalue weighted by Gasteiger charge is 2.58. The highest BCUT2D eigenvalue weighted by Crippen LogP contribution is 2.39. The molecule has 1 saturated heterocycles. The maximum Gasteiger partial charge on any atom is 0.163 e. The van der Waals surface area contributed by atoms with Crippen molar-refractivity contribution in [2.24, 2.45) is 5.73 Å². The van der Waals surface area contributed by atoms with Gasteiger partial charge in [0, 0.05) is 0 Å². The van der Waals surface area contributed by atoms with Crippen molar-refractivity contribution in [3.8, 4) is 0 Å². The minimum atomic E-state index is -0.822. The first-order valence-electron chi connectivity index (χ1n) is 5.48. The van der Waals surface area contributed by atoms with Crippen LogP contribution in [0.3, 0.4) is 0 Å². The molecule has 1 saturated carbocycles. The molecule has 4 N–H and O–H groups in total. The highest BCUT2D eigenvalue weighted by molar-refractivity contribution is 5.07. The lowest BCUT2D eigenvalue weighted by Crippen LogP contribution is -2.44. The number of rotatable bonds is 3. The van der Waals surface area contributed by atoms with Crippen molar-refractivity contribution in [1.29, 1.82) is 0 Å². The Morgan fingerprint density at radius 2 is 1.94 bits per heavy atom. The molecule has 1 aliphatic carbocycles. The van der Waals surface area contributed by atoms with Crippen LogP contribution in [0, 0.1) is 0 Å². The molecule has 5 atom stereocenters. The molecule has 0 aromatic heterocycles. The number of hydrogen-bond acceptors (Lipinski definition) is 6. The smallest absolute Gasteiger partial charge is 0.163 e. The normalized spacial score (nSPS) is 45.9. The number of ether oxygens (including phenoxy) is 3. The molecule has 0 aromatic rings. The van der Waals surface area contributed by atoms with E-state index in [9.17, 15) is 5.11 Å². The maximum atomic E-state index is 9.87. The number of nitrogens with two attached hydrogens (primary N) is 1. The molecule has 0 bridgehead atoms. The fourth-order valence-corrected chi connectivity index (χ4v) is 2.36.